The lowest BCUT2D eigenvalue weighted by atomic mass is 10.0. The molecule has 3 aliphatic heterocycles. The van der Waals surface area contributed by atoms with Crippen molar-refractivity contribution in [3.05, 3.63) is 95.1 Å². The highest BCUT2D eigenvalue weighted by Gasteiger charge is 2.36. The normalized spacial score (nSPS) is 22.2. The Morgan fingerprint density at radius 1 is 0.878 bits per heavy atom. The molecule has 3 aliphatic rings. The smallest absolute Gasteiger partial charge is 0.255 e. The molecular weight excluding hydrogens is 626 g/mol. The van der Waals surface area contributed by atoms with E-state index in [1.807, 2.05) is 24.3 Å². The summed E-state index contributed by atoms with van der Waals surface area (Å²) in [7, 11) is 0. The second-order valence-electron chi connectivity index (χ2n) is 12.8. The summed E-state index contributed by atoms with van der Waals surface area (Å²) in [6.45, 7) is 4.93. The zero-order chi connectivity index (χ0) is 34.2. The van der Waals surface area contributed by atoms with Crippen molar-refractivity contribution in [2.75, 3.05) is 39.5 Å². The summed E-state index contributed by atoms with van der Waals surface area (Å²) in [6.07, 6.45) is 1.30. The number of ether oxygens (including phenoxy) is 2. The summed E-state index contributed by atoms with van der Waals surface area (Å²) in [4.78, 5) is 58.8. The van der Waals surface area contributed by atoms with Crippen LogP contribution in [-0.4, -0.2) is 96.1 Å². The number of morpholine rings is 1. The third-order valence-corrected chi connectivity index (χ3v) is 9.24. The number of hydrogen-bond acceptors (Lipinski definition) is 8. The number of carbonyl (C=O) groups excluding carboxylic acids is 4. The Morgan fingerprint density at radius 2 is 1.59 bits per heavy atom. The van der Waals surface area contributed by atoms with Crippen molar-refractivity contribution < 1.29 is 33.8 Å². The van der Waals surface area contributed by atoms with Gasteiger partial charge in [-0.05, 0) is 53.8 Å². The van der Waals surface area contributed by atoms with Gasteiger partial charge in [0, 0.05) is 39.1 Å². The Bertz CT molecular complexity index is 1620. The van der Waals surface area contributed by atoms with Crippen molar-refractivity contribution in [1.29, 1.82) is 0 Å². The predicted octanol–water partition coefficient (Wildman–Crippen LogP) is 2.14. The van der Waals surface area contributed by atoms with Crippen molar-refractivity contribution in [2.24, 2.45) is 0 Å². The molecule has 2 fully saturated rings. The van der Waals surface area contributed by atoms with Crippen LogP contribution in [0.5, 0.6) is 11.5 Å². The molecule has 4 amide bonds. The summed E-state index contributed by atoms with van der Waals surface area (Å²) in [5.41, 5.74) is 3.01. The summed E-state index contributed by atoms with van der Waals surface area (Å²) in [6, 6.07) is 18.8. The standard InChI is InChI=1S/C37H43N5O7/c43-29-13-11-25(12-14-29)20-32-37(47)42-15-3-4-28(42)24-49-33-6-2-1-5-30(33)35(45)40-31(21-34(44)39-32)36(46)38-22-26-7-9-27(10-8-26)23-41-16-18-48-19-17-41/h1-2,5-14,28,31-32,43H,3-4,15-24H2,(H,38,46)(H,39,44)(H,40,45)/t28-,31+,32+/m1/s1. The van der Waals surface area contributed by atoms with Crippen LogP contribution in [0.4, 0.5) is 0 Å². The first-order valence-corrected chi connectivity index (χ1v) is 16.9. The molecule has 0 aliphatic carbocycles. The summed E-state index contributed by atoms with van der Waals surface area (Å²) >= 11 is 0. The Kier molecular flexibility index (Phi) is 11.1. The van der Waals surface area contributed by atoms with Gasteiger partial charge in [-0.3, -0.25) is 24.1 Å². The van der Waals surface area contributed by atoms with Gasteiger partial charge in [0.1, 0.15) is 30.2 Å². The predicted molar refractivity (Wildman–Crippen MR) is 181 cm³/mol. The molecule has 0 radical (unpaired) electrons. The van der Waals surface area contributed by atoms with Gasteiger partial charge >= 0.3 is 0 Å². The first-order chi connectivity index (χ1) is 23.8. The Labute approximate surface area is 285 Å². The zero-order valence-corrected chi connectivity index (χ0v) is 27.4. The second-order valence-corrected chi connectivity index (χ2v) is 12.8. The quantitative estimate of drug-likeness (QED) is 0.299. The number of phenols is 1. The molecule has 12 nitrogen and oxygen atoms in total. The number of amides is 4. The number of phenolic OH excluding ortho intramolecular Hbond substituents is 1. The fourth-order valence-electron chi connectivity index (χ4n) is 6.51. The SMILES string of the molecule is O=C1C[C@@H](C(=O)NCc2ccc(CN3CCOCC3)cc2)NC(=O)c2ccccc2OC[C@H]2CCCN2C(=O)[C@H](Cc2ccc(O)cc2)N1. The third kappa shape index (κ3) is 8.95. The van der Waals surface area contributed by atoms with Crippen molar-refractivity contribution in [3.8, 4) is 11.5 Å². The Hall–Kier alpha value is -4.94. The Balaban J connectivity index is 1.20. The van der Waals surface area contributed by atoms with E-state index in [2.05, 4.69) is 20.9 Å². The second kappa shape index (κ2) is 16.0. The van der Waals surface area contributed by atoms with Crippen LogP contribution in [0.25, 0.3) is 0 Å². The molecule has 0 saturated carbocycles. The van der Waals surface area contributed by atoms with Crippen LogP contribution in [0.15, 0.2) is 72.8 Å². The largest absolute Gasteiger partial charge is 0.508 e. The third-order valence-electron chi connectivity index (χ3n) is 9.24. The maximum atomic E-state index is 14.0. The highest BCUT2D eigenvalue weighted by Crippen LogP contribution is 2.24. The number of nitrogens with one attached hydrogen (secondary N) is 3. The Morgan fingerprint density at radius 3 is 2.37 bits per heavy atom. The van der Waals surface area contributed by atoms with E-state index in [4.69, 9.17) is 9.47 Å². The molecule has 3 heterocycles. The molecular formula is C37H43N5O7. The maximum Gasteiger partial charge on any atom is 0.255 e. The number of nitrogens with zero attached hydrogens (tertiary/aromatic N) is 2. The summed E-state index contributed by atoms with van der Waals surface area (Å²) < 4.78 is 11.6. The zero-order valence-electron chi connectivity index (χ0n) is 27.4. The minimum atomic E-state index is -1.23. The molecule has 0 bridgehead atoms. The molecule has 3 atom stereocenters. The highest BCUT2D eigenvalue weighted by molar-refractivity contribution is 6.01. The molecule has 0 spiro atoms. The minimum absolute atomic E-state index is 0.0932. The molecule has 3 aromatic carbocycles. The van der Waals surface area contributed by atoms with Crippen molar-refractivity contribution in [2.45, 2.75) is 56.9 Å². The highest BCUT2D eigenvalue weighted by atomic mass is 16.5. The number of benzene rings is 3. The number of aromatic hydroxyl groups is 1. The lowest BCUT2D eigenvalue weighted by Crippen LogP contribution is -2.54. The molecule has 6 rings (SSSR count). The van der Waals surface area contributed by atoms with Crippen LogP contribution in [-0.2, 0) is 38.6 Å². The molecule has 3 aromatic rings. The van der Waals surface area contributed by atoms with Gasteiger partial charge in [-0.25, -0.2) is 0 Å². The first-order valence-electron chi connectivity index (χ1n) is 16.9. The number of rotatable bonds is 7. The molecule has 258 valence electrons. The summed E-state index contributed by atoms with van der Waals surface area (Å²) in [5.74, 6) is -1.46. The van der Waals surface area contributed by atoms with Crippen LogP contribution in [0.2, 0.25) is 0 Å². The van der Waals surface area contributed by atoms with Crippen LogP contribution in [0.1, 0.15) is 46.3 Å². The van der Waals surface area contributed by atoms with E-state index >= 15 is 0 Å². The number of carbonyl (C=O) groups is 4. The van der Waals surface area contributed by atoms with Crippen LogP contribution < -0.4 is 20.7 Å². The van der Waals surface area contributed by atoms with E-state index in [0.29, 0.717) is 12.3 Å². The van der Waals surface area contributed by atoms with Gasteiger partial charge in [0.2, 0.25) is 17.7 Å². The van der Waals surface area contributed by atoms with Crippen molar-refractivity contribution >= 4 is 23.6 Å². The van der Waals surface area contributed by atoms with Gasteiger partial charge in [-0.1, -0.05) is 48.5 Å². The van der Waals surface area contributed by atoms with Crippen molar-refractivity contribution in [3.63, 3.8) is 0 Å². The fourth-order valence-corrected chi connectivity index (χ4v) is 6.51. The van der Waals surface area contributed by atoms with E-state index in [1.54, 1.807) is 41.3 Å². The minimum Gasteiger partial charge on any atom is -0.508 e. The first kappa shape index (κ1) is 33.9. The van der Waals surface area contributed by atoms with Gasteiger partial charge in [0.15, 0.2) is 0 Å². The number of para-hydroxylation sites is 1. The molecule has 0 aromatic heterocycles. The van der Waals surface area contributed by atoms with Gasteiger partial charge in [-0.15, -0.1) is 0 Å². The van der Waals surface area contributed by atoms with Crippen LogP contribution >= 0.6 is 0 Å². The average molecular weight is 670 g/mol. The topological polar surface area (TPSA) is 150 Å². The van der Waals surface area contributed by atoms with E-state index < -0.39 is 29.8 Å². The van der Waals surface area contributed by atoms with Crippen LogP contribution in [0.3, 0.4) is 0 Å². The average Bonchev–Trinajstić information content (AvgIpc) is 3.59. The van der Waals surface area contributed by atoms with E-state index in [0.717, 1.165) is 62.4 Å². The van der Waals surface area contributed by atoms with E-state index in [1.165, 1.54) is 12.1 Å². The number of fused-ring (bicyclic) bond motifs is 2. The molecule has 12 heteroatoms. The monoisotopic (exact) mass is 669 g/mol. The number of hydrogen-bond donors (Lipinski definition) is 4. The fraction of sp³-hybridized carbons (Fsp3) is 0.405. The lowest BCUT2D eigenvalue weighted by molar-refractivity contribution is -0.138. The molecule has 2 saturated heterocycles. The van der Waals surface area contributed by atoms with E-state index in [9.17, 15) is 24.3 Å². The maximum absolute atomic E-state index is 14.0. The lowest BCUT2D eigenvalue weighted by Gasteiger charge is -2.30. The van der Waals surface area contributed by atoms with Gasteiger partial charge in [-0.2, -0.15) is 0 Å². The van der Waals surface area contributed by atoms with Gasteiger partial charge in [0.05, 0.1) is 31.2 Å². The van der Waals surface area contributed by atoms with Gasteiger partial charge in [0.25, 0.3) is 5.91 Å². The van der Waals surface area contributed by atoms with Gasteiger partial charge < -0.3 is 35.4 Å². The summed E-state index contributed by atoms with van der Waals surface area (Å²) in [5, 5.41) is 18.2. The molecule has 49 heavy (non-hydrogen) atoms. The van der Waals surface area contributed by atoms with Crippen LogP contribution in [0, 0.1) is 0 Å². The van der Waals surface area contributed by atoms with Crippen molar-refractivity contribution in [1.82, 2.24) is 25.8 Å². The molecule has 0 unspecified atom stereocenters. The van der Waals surface area contributed by atoms with E-state index in [-0.39, 0.29) is 49.3 Å². The molecule has 4 N–H and O–H groups in total.